The van der Waals surface area contributed by atoms with Gasteiger partial charge in [0.2, 0.25) is 0 Å². The minimum absolute atomic E-state index is 0.00833. The highest BCUT2D eigenvalue weighted by Crippen LogP contribution is 2.37. The van der Waals surface area contributed by atoms with Crippen molar-refractivity contribution in [1.29, 1.82) is 0 Å². The number of amides is 1. The zero-order valence-corrected chi connectivity index (χ0v) is 27.3. The zero-order valence-electron chi connectivity index (χ0n) is 27.3. The second-order valence-electron chi connectivity index (χ2n) is 12.8. The first-order chi connectivity index (χ1) is 21.2. The summed E-state index contributed by atoms with van der Waals surface area (Å²) < 4.78 is 30.8. The Labute approximate surface area is 264 Å². The van der Waals surface area contributed by atoms with E-state index in [1.54, 1.807) is 4.90 Å². The van der Waals surface area contributed by atoms with Gasteiger partial charge in [0.25, 0.3) is 0 Å². The molecule has 2 heterocycles. The van der Waals surface area contributed by atoms with Crippen molar-refractivity contribution < 1.29 is 33.6 Å². The molecular weight excluding hydrogens is 558 g/mol. The van der Waals surface area contributed by atoms with Crippen molar-refractivity contribution in [1.82, 2.24) is 4.90 Å². The second-order valence-corrected chi connectivity index (χ2v) is 12.8. The van der Waals surface area contributed by atoms with Gasteiger partial charge in [-0.15, -0.1) is 0 Å². The first-order valence-electron chi connectivity index (χ1n) is 16.4. The van der Waals surface area contributed by atoms with Crippen LogP contribution in [0.1, 0.15) is 71.9 Å². The summed E-state index contributed by atoms with van der Waals surface area (Å²) in [5, 5.41) is 10.9. The van der Waals surface area contributed by atoms with Crippen LogP contribution in [0.15, 0.2) is 60.7 Å². The molecule has 4 rings (SSSR count). The van der Waals surface area contributed by atoms with Gasteiger partial charge in [0.1, 0.15) is 18.8 Å². The summed E-state index contributed by atoms with van der Waals surface area (Å²) in [6.07, 6.45) is -0.0867. The number of carbonyl (C=O) groups excluding carboxylic acids is 1. The Balaban J connectivity index is 1.27. The fraction of sp³-hybridized carbons (Fsp3) is 0.639. The molecule has 8 heteroatoms. The van der Waals surface area contributed by atoms with Gasteiger partial charge in [-0.3, -0.25) is 0 Å². The molecule has 2 aliphatic rings. The largest absolute Gasteiger partial charge is 0.445 e. The highest BCUT2D eigenvalue weighted by Gasteiger charge is 2.46. The molecule has 2 fully saturated rings. The van der Waals surface area contributed by atoms with Crippen molar-refractivity contribution >= 4 is 6.09 Å². The summed E-state index contributed by atoms with van der Waals surface area (Å²) in [6.45, 7) is 14.4. The number of nitrogens with zero attached hydrogens (tertiary/aromatic N) is 1. The van der Waals surface area contributed by atoms with Gasteiger partial charge in [0, 0.05) is 19.7 Å². The van der Waals surface area contributed by atoms with E-state index in [1.165, 1.54) is 0 Å². The van der Waals surface area contributed by atoms with Crippen LogP contribution in [0.5, 0.6) is 0 Å². The molecule has 0 aliphatic carbocycles. The maximum atomic E-state index is 13.0. The number of benzene rings is 2. The summed E-state index contributed by atoms with van der Waals surface area (Å²) in [7, 11) is 0. The summed E-state index contributed by atoms with van der Waals surface area (Å²) in [5.74, 6) is 0.742. The maximum Gasteiger partial charge on any atom is 0.410 e. The molecule has 44 heavy (non-hydrogen) atoms. The molecule has 4 unspecified atom stereocenters. The van der Waals surface area contributed by atoms with Crippen molar-refractivity contribution in [3.8, 4) is 0 Å². The molecule has 2 saturated heterocycles. The third-order valence-electron chi connectivity index (χ3n) is 9.77. The standard InChI is InChI=1S/C36H53NO7/c1-24-26(3)32(38)34(42-28(24)5)44-33-27(4)25(2)29(6)43-35(33)40-21-15-9-14-20-37(22-30-16-10-7-11-17-30)36(39)41-23-31-18-12-8-13-19-31/h7-8,10-13,16-19,24-29,32-35,38H,9,14-15,20-23H2,1-6H3/t24-,25-,26?,27?,28+,29+,32?,33?,34+,35-/m1/s1. The summed E-state index contributed by atoms with van der Waals surface area (Å²) in [4.78, 5) is 14.8. The van der Waals surface area contributed by atoms with Gasteiger partial charge >= 0.3 is 6.09 Å². The van der Waals surface area contributed by atoms with E-state index in [-0.39, 0.29) is 54.7 Å². The molecule has 0 aromatic heterocycles. The lowest BCUT2D eigenvalue weighted by molar-refractivity contribution is -0.341. The molecule has 1 N–H and O–H groups in total. The molecule has 244 valence electrons. The van der Waals surface area contributed by atoms with Gasteiger partial charge in [0.15, 0.2) is 12.6 Å². The molecule has 2 aromatic rings. The number of aliphatic hydroxyl groups is 1. The summed E-state index contributed by atoms with van der Waals surface area (Å²) in [6, 6.07) is 19.7. The average Bonchev–Trinajstić information content (AvgIpc) is 3.03. The van der Waals surface area contributed by atoms with E-state index in [2.05, 4.69) is 27.7 Å². The van der Waals surface area contributed by atoms with Crippen LogP contribution >= 0.6 is 0 Å². The van der Waals surface area contributed by atoms with Gasteiger partial charge in [-0.25, -0.2) is 4.79 Å². The third kappa shape index (κ3) is 9.27. The lowest BCUT2D eigenvalue weighted by Crippen LogP contribution is -2.56. The Morgan fingerprint density at radius 2 is 1.34 bits per heavy atom. The molecule has 0 saturated carbocycles. The molecule has 8 nitrogen and oxygen atoms in total. The average molecular weight is 612 g/mol. The smallest absolute Gasteiger partial charge is 0.410 e. The normalized spacial score (nSPS) is 32.2. The van der Waals surface area contributed by atoms with Gasteiger partial charge in [0.05, 0.1) is 12.2 Å². The van der Waals surface area contributed by atoms with Crippen molar-refractivity contribution in [2.75, 3.05) is 13.2 Å². The monoisotopic (exact) mass is 611 g/mol. The van der Waals surface area contributed by atoms with E-state index in [0.717, 1.165) is 30.4 Å². The SMILES string of the molecule is CC1C(O)[C@H](OC2C(C)[C@@H](C)[C@H](C)O[C@H]2OCCCCCN(Cc2ccccc2)C(=O)OCc2ccccc2)O[C@@H](C)[C@@H]1C. The molecule has 10 atom stereocenters. The van der Waals surface area contributed by atoms with E-state index < -0.39 is 18.7 Å². The molecule has 0 bridgehead atoms. The second kappa shape index (κ2) is 16.7. The van der Waals surface area contributed by atoms with Gasteiger partial charge in [-0.05, 0) is 67.9 Å². The molecular formula is C36H53NO7. The van der Waals surface area contributed by atoms with Crippen molar-refractivity contribution in [3.05, 3.63) is 71.8 Å². The fourth-order valence-corrected chi connectivity index (χ4v) is 6.01. The number of rotatable bonds is 13. The number of unbranched alkanes of at least 4 members (excludes halogenated alkanes) is 2. The Hall–Kier alpha value is -2.49. The Kier molecular flexibility index (Phi) is 13.1. The first kappa shape index (κ1) is 34.4. The minimum atomic E-state index is -0.712. The molecule has 1 amide bonds. The number of carbonyl (C=O) groups is 1. The highest BCUT2D eigenvalue weighted by atomic mass is 16.7. The van der Waals surface area contributed by atoms with Crippen LogP contribution in [0.4, 0.5) is 4.79 Å². The minimum Gasteiger partial charge on any atom is -0.445 e. The van der Waals surface area contributed by atoms with Crippen LogP contribution in [0.2, 0.25) is 0 Å². The number of ether oxygens (including phenoxy) is 5. The van der Waals surface area contributed by atoms with Crippen LogP contribution in [-0.2, 0) is 36.8 Å². The maximum absolute atomic E-state index is 13.0. The van der Waals surface area contributed by atoms with E-state index in [0.29, 0.717) is 19.7 Å². The summed E-state index contributed by atoms with van der Waals surface area (Å²) >= 11 is 0. The first-order valence-corrected chi connectivity index (χ1v) is 16.4. The lowest BCUT2D eigenvalue weighted by Gasteiger charge is -2.47. The molecule has 0 spiro atoms. The van der Waals surface area contributed by atoms with Gasteiger partial charge in [-0.1, -0.05) is 88.4 Å². The van der Waals surface area contributed by atoms with Crippen LogP contribution < -0.4 is 0 Å². The molecule has 2 aromatic carbocycles. The van der Waals surface area contributed by atoms with E-state index >= 15 is 0 Å². The van der Waals surface area contributed by atoms with E-state index in [4.69, 9.17) is 23.7 Å². The lowest BCUT2D eigenvalue weighted by atomic mass is 9.83. The highest BCUT2D eigenvalue weighted by molar-refractivity contribution is 5.67. The zero-order chi connectivity index (χ0) is 31.6. The quantitative estimate of drug-likeness (QED) is 0.250. The molecule has 0 radical (unpaired) electrons. The van der Waals surface area contributed by atoms with E-state index in [1.807, 2.05) is 74.5 Å². The predicted octanol–water partition coefficient (Wildman–Crippen LogP) is 6.79. The van der Waals surface area contributed by atoms with Crippen molar-refractivity contribution in [3.63, 3.8) is 0 Å². The number of hydrogen-bond acceptors (Lipinski definition) is 7. The van der Waals surface area contributed by atoms with Crippen LogP contribution in [0, 0.1) is 23.7 Å². The van der Waals surface area contributed by atoms with E-state index in [9.17, 15) is 9.90 Å². The Morgan fingerprint density at radius 3 is 2.00 bits per heavy atom. The topological polar surface area (TPSA) is 86.7 Å². The van der Waals surface area contributed by atoms with Crippen LogP contribution in [-0.4, -0.2) is 66.2 Å². The number of hydrogen-bond donors (Lipinski definition) is 1. The van der Waals surface area contributed by atoms with Crippen molar-refractivity contribution in [2.24, 2.45) is 23.7 Å². The molecule has 2 aliphatic heterocycles. The van der Waals surface area contributed by atoms with Gasteiger partial charge < -0.3 is 33.7 Å². The third-order valence-corrected chi connectivity index (χ3v) is 9.77. The van der Waals surface area contributed by atoms with Crippen LogP contribution in [0.3, 0.4) is 0 Å². The predicted molar refractivity (Wildman–Crippen MR) is 169 cm³/mol. The van der Waals surface area contributed by atoms with Crippen LogP contribution in [0.25, 0.3) is 0 Å². The number of aliphatic hydroxyl groups excluding tert-OH is 1. The van der Waals surface area contributed by atoms with Gasteiger partial charge in [-0.2, -0.15) is 0 Å². The van der Waals surface area contributed by atoms with Crippen molar-refractivity contribution in [2.45, 2.75) is 111 Å². The Morgan fingerprint density at radius 1 is 0.750 bits per heavy atom. The fourth-order valence-electron chi connectivity index (χ4n) is 6.01. The Bertz CT molecular complexity index is 1120. The summed E-state index contributed by atoms with van der Waals surface area (Å²) in [5.41, 5.74) is 2.03.